The number of nitrogens with two attached hydrogens (primary N) is 1. The van der Waals surface area contributed by atoms with Crippen LogP contribution in [0.1, 0.15) is 5.56 Å². The number of hydrogen-bond donors (Lipinski definition) is 2. The van der Waals surface area contributed by atoms with Gasteiger partial charge in [0.2, 0.25) is 5.95 Å². The molecule has 9 heteroatoms. The first kappa shape index (κ1) is 15.2. The number of alkyl halides is 3. The van der Waals surface area contributed by atoms with Crippen LogP contribution in [0.3, 0.4) is 0 Å². The van der Waals surface area contributed by atoms with Crippen LogP contribution < -0.4 is 21.5 Å². The molecule has 2 heterocycles. The number of nitrogens with one attached hydrogen (secondary N) is 1. The fourth-order valence-electron chi connectivity index (χ4n) is 2.52. The number of nitrogens with zero attached hydrogens (tertiary/aromatic N) is 3. The number of anilines is 3. The van der Waals surface area contributed by atoms with Crippen LogP contribution in [0.5, 0.6) is 0 Å². The molecule has 2 aromatic rings. The minimum atomic E-state index is -4.54. The monoisotopic (exact) mass is 325 g/mol. The predicted molar refractivity (Wildman–Crippen MR) is 80.3 cm³/mol. The van der Waals surface area contributed by atoms with E-state index in [-0.39, 0.29) is 24.0 Å². The predicted octanol–water partition coefficient (Wildman–Crippen LogP) is 1.62. The van der Waals surface area contributed by atoms with Crippen molar-refractivity contribution >= 4 is 17.5 Å². The topological polar surface area (TPSA) is 76.2 Å². The Morgan fingerprint density at radius 2 is 1.96 bits per heavy atom. The number of rotatable bonds is 2. The number of nitrogen functional groups attached to an aromatic ring is 1. The Morgan fingerprint density at radius 1 is 1.30 bits per heavy atom. The van der Waals surface area contributed by atoms with Gasteiger partial charge in [-0.15, -0.1) is 0 Å². The van der Waals surface area contributed by atoms with Gasteiger partial charge in [-0.1, -0.05) is 30.3 Å². The molecule has 0 amide bonds. The number of aromatic nitrogens is 2. The van der Waals surface area contributed by atoms with E-state index in [9.17, 15) is 18.0 Å². The molecule has 6 nitrogen and oxygen atoms in total. The fourth-order valence-corrected chi connectivity index (χ4v) is 2.52. The van der Waals surface area contributed by atoms with E-state index in [2.05, 4.69) is 10.3 Å². The van der Waals surface area contributed by atoms with Gasteiger partial charge in [-0.05, 0) is 5.56 Å². The standard InChI is InChI=1S/C14H14F3N5O/c1-21-10-9(19-12(21)14(15,16)17)11(23)22(13(18)20-10)7-8-5-3-2-4-6-8/h2-6,12,19H,7H2,1H3,(H2,18,20). The van der Waals surface area contributed by atoms with E-state index in [0.29, 0.717) is 0 Å². The molecule has 0 radical (unpaired) electrons. The summed E-state index contributed by atoms with van der Waals surface area (Å²) in [5, 5.41) is 2.20. The quantitative estimate of drug-likeness (QED) is 0.877. The van der Waals surface area contributed by atoms with Crippen molar-refractivity contribution in [3.05, 3.63) is 46.2 Å². The van der Waals surface area contributed by atoms with Gasteiger partial charge in [0.05, 0.1) is 6.54 Å². The summed E-state index contributed by atoms with van der Waals surface area (Å²) < 4.78 is 40.1. The summed E-state index contributed by atoms with van der Waals surface area (Å²) in [6, 6.07) is 8.99. The van der Waals surface area contributed by atoms with Gasteiger partial charge < -0.3 is 16.0 Å². The van der Waals surface area contributed by atoms with Crippen molar-refractivity contribution in [3.63, 3.8) is 0 Å². The lowest BCUT2D eigenvalue weighted by atomic mass is 10.2. The number of hydrogen-bond acceptors (Lipinski definition) is 5. The zero-order valence-electron chi connectivity index (χ0n) is 12.1. The normalized spacial score (nSPS) is 17.0. The number of halogens is 3. The van der Waals surface area contributed by atoms with Gasteiger partial charge in [0.25, 0.3) is 5.56 Å². The molecule has 0 aliphatic carbocycles. The van der Waals surface area contributed by atoms with E-state index in [4.69, 9.17) is 5.73 Å². The molecule has 0 saturated heterocycles. The minimum absolute atomic E-state index is 0.0980. The van der Waals surface area contributed by atoms with Crippen molar-refractivity contribution in [2.75, 3.05) is 23.0 Å². The van der Waals surface area contributed by atoms with E-state index in [1.165, 1.54) is 7.05 Å². The number of fused-ring (bicyclic) bond motifs is 1. The molecule has 3 N–H and O–H groups in total. The zero-order valence-corrected chi connectivity index (χ0v) is 12.1. The van der Waals surface area contributed by atoms with Crippen molar-refractivity contribution in [1.29, 1.82) is 0 Å². The Hall–Kier alpha value is -2.71. The van der Waals surface area contributed by atoms with Gasteiger partial charge >= 0.3 is 6.18 Å². The lowest BCUT2D eigenvalue weighted by Crippen LogP contribution is -2.45. The van der Waals surface area contributed by atoms with Crippen LogP contribution >= 0.6 is 0 Å². The average molecular weight is 325 g/mol. The van der Waals surface area contributed by atoms with Crippen LogP contribution in [0.25, 0.3) is 0 Å². The SMILES string of the molecule is CN1c2nc(N)n(Cc3ccccc3)c(=O)c2NC1C(F)(F)F. The molecule has 3 rings (SSSR count). The highest BCUT2D eigenvalue weighted by Crippen LogP contribution is 2.36. The summed E-state index contributed by atoms with van der Waals surface area (Å²) in [7, 11) is 1.21. The molecule has 1 aromatic heterocycles. The first-order valence-corrected chi connectivity index (χ1v) is 6.79. The third-order valence-corrected chi connectivity index (χ3v) is 3.68. The highest BCUT2D eigenvalue weighted by atomic mass is 19.4. The summed E-state index contributed by atoms with van der Waals surface area (Å²) in [6.45, 7) is 0.133. The van der Waals surface area contributed by atoms with E-state index in [0.717, 1.165) is 15.0 Å². The van der Waals surface area contributed by atoms with E-state index >= 15 is 0 Å². The van der Waals surface area contributed by atoms with Crippen molar-refractivity contribution < 1.29 is 13.2 Å². The lowest BCUT2D eigenvalue weighted by molar-refractivity contribution is -0.140. The smallest absolute Gasteiger partial charge is 0.369 e. The van der Waals surface area contributed by atoms with Gasteiger partial charge in [-0.3, -0.25) is 9.36 Å². The molecular formula is C14H14F3N5O. The van der Waals surface area contributed by atoms with Crippen LogP contribution in [0.4, 0.5) is 30.6 Å². The van der Waals surface area contributed by atoms with E-state index in [1.54, 1.807) is 24.3 Å². The summed E-state index contributed by atoms with van der Waals surface area (Å²) >= 11 is 0. The van der Waals surface area contributed by atoms with Crippen molar-refractivity contribution in [3.8, 4) is 0 Å². The second-order valence-electron chi connectivity index (χ2n) is 5.24. The van der Waals surface area contributed by atoms with Gasteiger partial charge in [0.1, 0.15) is 5.69 Å². The first-order chi connectivity index (χ1) is 10.8. The summed E-state index contributed by atoms with van der Waals surface area (Å²) in [4.78, 5) is 17.3. The second-order valence-corrected chi connectivity index (χ2v) is 5.24. The highest BCUT2D eigenvalue weighted by Gasteiger charge is 2.48. The molecule has 0 bridgehead atoms. The molecule has 1 aliphatic rings. The molecule has 23 heavy (non-hydrogen) atoms. The Morgan fingerprint density at radius 3 is 2.57 bits per heavy atom. The van der Waals surface area contributed by atoms with E-state index in [1.807, 2.05) is 6.07 Å². The number of benzene rings is 1. The third kappa shape index (κ3) is 2.58. The molecule has 0 spiro atoms. The largest absolute Gasteiger partial charge is 0.427 e. The molecule has 1 aliphatic heterocycles. The van der Waals surface area contributed by atoms with Crippen molar-refractivity contribution in [1.82, 2.24) is 9.55 Å². The van der Waals surface area contributed by atoms with Gasteiger partial charge in [-0.25, -0.2) is 0 Å². The second kappa shape index (κ2) is 5.18. The Balaban J connectivity index is 2.03. The van der Waals surface area contributed by atoms with Gasteiger partial charge in [0.15, 0.2) is 12.0 Å². The van der Waals surface area contributed by atoms with Crippen LogP contribution in [0.2, 0.25) is 0 Å². The van der Waals surface area contributed by atoms with Gasteiger partial charge in [-0.2, -0.15) is 18.2 Å². The molecular weight excluding hydrogens is 311 g/mol. The Labute approximate surface area is 129 Å². The van der Waals surface area contributed by atoms with Crippen molar-refractivity contribution in [2.24, 2.45) is 0 Å². The Kier molecular flexibility index (Phi) is 3.42. The third-order valence-electron chi connectivity index (χ3n) is 3.68. The fraction of sp³-hybridized carbons (Fsp3) is 0.286. The van der Waals surface area contributed by atoms with Crippen molar-refractivity contribution in [2.45, 2.75) is 18.9 Å². The molecule has 1 aromatic carbocycles. The maximum atomic E-state index is 13.0. The summed E-state index contributed by atoms with van der Waals surface area (Å²) in [6.07, 6.45) is -6.54. The summed E-state index contributed by atoms with van der Waals surface area (Å²) in [5.41, 5.74) is 5.74. The maximum Gasteiger partial charge on any atom is 0.427 e. The van der Waals surface area contributed by atoms with Crippen LogP contribution in [0, 0.1) is 0 Å². The lowest BCUT2D eigenvalue weighted by Gasteiger charge is -2.23. The molecule has 1 atom stereocenters. The molecule has 122 valence electrons. The Bertz CT molecular complexity index is 787. The maximum absolute atomic E-state index is 13.0. The van der Waals surface area contributed by atoms with Crippen LogP contribution in [-0.2, 0) is 6.54 Å². The first-order valence-electron chi connectivity index (χ1n) is 6.79. The highest BCUT2D eigenvalue weighted by molar-refractivity contribution is 5.72. The summed E-state index contributed by atoms with van der Waals surface area (Å²) in [5.74, 6) is -0.229. The van der Waals surface area contributed by atoms with E-state index < -0.39 is 17.9 Å². The molecule has 1 unspecified atom stereocenters. The molecule has 0 saturated carbocycles. The zero-order chi connectivity index (χ0) is 16.8. The van der Waals surface area contributed by atoms with Crippen LogP contribution in [0.15, 0.2) is 35.1 Å². The average Bonchev–Trinajstić information content (AvgIpc) is 2.82. The van der Waals surface area contributed by atoms with Crippen LogP contribution in [-0.4, -0.2) is 28.9 Å². The molecule has 0 fully saturated rings. The minimum Gasteiger partial charge on any atom is -0.369 e. The van der Waals surface area contributed by atoms with Gasteiger partial charge in [0, 0.05) is 7.05 Å².